The van der Waals surface area contributed by atoms with Crippen molar-refractivity contribution < 1.29 is 0 Å². The third kappa shape index (κ3) is 3.59. The van der Waals surface area contributed by atoms with E-state index in [0.29, 0.717) is 11.6 Å². The van der Waals surface area contributed by atoms with Gasteiger partial charge in [-0.15, -0.1) is 0 Å². The van der Waals surface area contributed by atoms with Gasteiger partial charge in [-0.3, -0.25) is 0 Å². The van der Waals surface area contributed by atoms with Crippen molar-refractivity contribution in [3.63, 3.8) is 0 Å². The van der Waals surface area contributed by atoms with Gasteiger partial charge in [0.1, 0.15) is 5.82 Å². The van der Waals surface area contributed by atoms with Crippen LogP contribution in [0.4, 0.5) is 0 Å². The van der Waals surface area contributed by atoms with Gasteiger partial charge in [0, 0.05) is 17.0 Å². The normalized spacial score (nSPS) is 16.5. The minimum absolute atomic E-state index is 0.146. The number of benzene rings is 2. The molecule has 0 fully saturated rings. The molecule has 0 bridgehead atoms. The van der Waals surface area contributed by atoms with Crippen LogP contribution >= 0.6 is 15.9 Å². The Labute approximate surface area is 155 Å². The van der Waals surface area contributed by atoms with Crippen LogP contribution in [0.2, 0.25) is 0 Å². The monoisotopic (exact) mass is 389 g/mol. The quantitative estimate of drug-likeness (QED) is 0.591. The molecule has 0 spiro atoms. The van der Waals surface area contributed by atoms with Crippen LogP contribution < -0.4 is 0 Å². The Hall–Kier alpha value is -2.59. The van der Waals surface area contributed by atoms with Crippen molar-refractivity contribution in [2.45, 2.75) is 12.3 Å². The molecule has 25 heavy (non-hydrogen) atoms. The largest absolute Gasteiger partial charge is 0.212 e. The summed E-state index contributed by atoms with van der Waals surface area (Å²) < 4.78 is 1.16. The molecule has 1 aliphatic carbocycles. The molecule has 1 unspecified atom stereocenters. The molecule has 4 heteroatoms. The lowest BCUT2D eigenvalue weighted by Gasteiger charge is -2.16. The average Bonchev–Trinajstić information content (AvgIpc) is 2.69. The predicted octanol–water partition coefficient (Wildman–Crippen LogP) is 5.53. The SMILES string of the molecule is BrC1=CC=CC(c2nc(-c3ccccc3)nc(-c3ccccc3)n2)C1. The lowest BCUT2D eigenvalue weighted by molar-refractivity contribution is 0.760. The van der Waals surface area contributed by atoms with E-state index in [4.69, 9.17) is 15.0 Å². The highest BCUT2D eigenvalue weighted by Crippen LogP contribution is 2.31. The minimum Gasteiger partial charge on any atom is -0.212 e. The van der Waals surface area contributed by atoms with E-state index < -0.39 is 0 Å². The molecular formula is C21H16BrN3. The van der Waals surface area contributed by atoms with Gasteiger partial charge in [0.05, 0.1) is 0 Å². The number of rotatable bonds is 3. The maximum atomic E-state index is 4.77. The molecule has 1 aliphatic rings. The fourth-order valence-corrected chi connectivity index (χ4v) is 3.31. The highest BCUT2D eigenvalue weighted by atomic mass is 79.9. The van der Waals surface area contributed by atoms with Crippen molar-refractivity contribution in [2.75, 3.05) is 0 Å². The zero-order valence-electron chi connectivity index (χ0n) is 13.5. The molecule has 3 aromatic rings. The van der Waals surface area contributed by atoms with Gasteiger partial charge in [0.25, 0.3) is 0 Å². The summed E-state index contributed by atoms with van der Waals surface area (Å²) >= 11 is 3.59. The van der Waals surface area contributed by atoms with Gasteiger partial charge in [-0.25, -0.2) is 15.0 Å². The Kier molecular flexibility index (Phi) is 4.53. The van der Waals surface area contributed by atoms with E-state index in [2.05, 4.69) is 28.1 Å². The summed E-state index contributed by atoms with van der Waals surface area (Å²) in [5.41, 5.74) is 2.00. The maximum absolute atomic E-state index is 4.77. The Bertz CT molecular complexity index is 876. The summed E-state index contributed by atoms with van der Waals surface area (Å²) in [6.45, 7) is 0. The van der Waals surface area contributed by atoms with Crippen molar-refractivity contribution in [3.05, 3.63) is 89.2 Å². The number of hydrogen-bond acceptors (Lipinski definition) is 3. The zero-order chi connectivity index (χ0) is 17.1. The number of hydrogen-bond donors (Lipinski definition) is 0. The first-order chi connectivity index (χ1) is 12.3. The van der Waals surface area contributed by atoms with Crippen LogP contribution in [0.25, 0.3) is 22.8 Å². The van der Waals surface area contributed by atoms with Crippen LogP contribution in [0.15, 0.2) is 83.4 Å². The Morgan fingerprint density at radius 3 is 1.84 bits per heavy atom. The maximum Gasteiger partial charge on any atom is 0.163 e. The lowest BCUT2D eigenvalue weighted by atomic mass is 10.00. The standard InChI is InChI=1S/C21H16BrN3/c22-18-13-7-12-17(14-18)21-24-19(15-8-3-1-4-9-15)23-20(25-21)16-10-5-2-6-11-16/h1-13,17H,14H2. The van der Waals surface area contributed by atoms with Crippen LogP contribution in [0.1, 0.15) is 18.2 Å². The second kappa shape index (κ2) is 7.11. The molecule has 0 saturated carbocycles. The Morgan fingerprint density at radius 1 is 0.760 bits per heavy atom. The molecule has 122 valence electrons. The molecule has 0 radical (unpaired) electrons. The summed E-state index contributed by atoms with van der Waals surface area (Å²) in [7, 11) is 0. The van der Waals surface area contributed by atoms with E-state index in [1.165, 1.54) is 0 Å². The highest BCUT2D eigenvalue weighted by molar-refractivity contribution is 9.11. The second-order valence-corrected chi connectivity index (χ2v) is 6.90. The smallest absolute Gasteiger partial charge is 0.163 e. The van der Waals surface area contributed by atoms with E-state index in [0.717, 1.165) is 27.9 Å². The molecule has 4 rings (SSSR count). The molecule has 1 aromatic heterocycles. The molecule has 0 saturated heterocycles. The van der Waals surface area contributed by atoms with E-state index in [-0.39, 0.29) is 5.92 Å². The summed E-state index contributed by atoms with van der Waals surface area (Å²) in [5.74, 6) is 2.37. The van der Waals surface area contributed by atoms with Crippen molar-refractivity contribution >= 4 is 15.9 Å². The summed E-state index contributed by atoms with van der Waals surface area (Å²) in [5, 5.41) is 0. The van der Waals surface area contributed by atoms with Crippen molar-refractivity contribution in [1.29, 1.82) is 0 Å². The van der Waals surface area contributed by atoms with Crippen LogP contribution in [-0.4, -0.2) is 15.0 Å². The molecule has 0 N–H and O–H groups in total. The number of aromatic nitrogens is 3. The lowest BCUT2D eigenvalue weighted by Crippen LogP contribution is -2.08. The van der Waals surface area contributed by atoms with E-state index in [1.54, 1.807) is 0 Å². The van der Waals surface area contributed by atoms with Gasteiger partial charge in [0.2, 0.25) is 0 Å². The molecule has 2 aromatic carbocycles. The Balaban J connectivity index is 1.84. The van der Waals surface area contributed by atoms with E-state index in [9.17, 15) is 0 Å². The molecular weight excluding hydrogens is 374 g/mol. The van der Waals surface area contributed by atoms with Crippen LogP contribution in [0, 0.1) is 0 Å². The van der Waals surface area contributed by atoms with Crippen LogP contribution in [0.3, 0.4) is 0 Å². The molecule has 0 aliphatic heterocycles. The fraction of sp³-hybridized carbons (Fsp3) is 0.0952. The van der Waals surface area contributed by atoms with Crippen LogP contribution in [0.5, 0.6) is 0 Å². The molecule has 3 nitrogen and oxygen atoms in total. The van der Waals surface area contributed by atoms with E-state index >= 15 is 0 Å². The number of nitrogens with zero attached hydrogens (tertiary/aromatic N) is 3. The van der Waals surface area contributed by atoms with Crippen molar-refractivity contribution in [3.8, 4) is 22.8 Å². The van der Waals surface area contributed by atoms with Crippen molar-refractivity contribution in [2.24, 2.45) is 0 Å². The third-order valence-electron chi connectivity index (χ3n) is 4.08. The van der Waals surface area contributed by atoms with Gasteiger partial charge < -0.3 is 0 Å². The van der Waals surface area contributed by atoms with E-state index in [1.807, 2.05) is 66.7 Å². The predicted molar refractivity (Wildman–Crippen MR) is 104 cm³/mol. The zero-order valence-corrected chi connectivity index (χ0v) is 15.1. The topological polar surface area (TPSA) is 38.7 Å². The number of allylic oxidation sites excluding steroid dienone is 4. The first-order valence-corrected chi connectivity index (χ1v) is 8.98. The first kappa shape index (κ1) is 15.9. The van der Waals surface area contributed by atoms with Gasteiger partial charge in [0.15, 0.2) is 11.6 Å². The number of halogens is 1. The van der Waals surface area contributed by atoms with Gasteiger partial charge >= 0.3 is 0 Å². The minimum atomic E-state index is 0.146. The Morgan fingerprint density at radius 2 is 1.32 bits per heavy atom. The summed E-state index contributed by atoms with van der Waals surface area (Å²) in [4.78, 5) is 14.2. The summed E-state index contributed by atoms with van der Waals surface area (Å²) in [6.07, 6.45) is 7.12. The highest BCUT2D eigenvalue weighted by Gasteiger charge is 2.18. The van der Waals surface area contributed by atoms with Gasteiger partial charge in [-0.2, -0.15) is 0 Å². The first-order valence-electron chi connectivity index (χ1n) is 8.19. The van der Waals surface area contributed by atoms with Crippen LogP contribution in [-0.2, 0) is 0 Å². The third-order valence-corrected chi connectivity index (χ3v) is 4.67. The van der Waals surface area contributed by atoms with Crippen molar-refractivity contribution in [1.82, 2.24) is 15.0 Å². The fourth-order valence-electron chi connectivity index (χ4n) is 2.81. The average molecular weight is 390 g/mol. The summed E-state index contributed by atoms with van der Waals surface area (Å²) in [6, 6.07) is 20.1. The second-order valence-electron chi connectivity index (χ2n) is 5.88. The molecule has 1 atom stereocenters. The molecule has 1 heterocycles. The molecule has 0 amide bonds. The van der Waals surface area contributed by atoms with Gasteiger partial charge in [-0.1, -0.05) is 94.8 Å². The van der Waals surface area contributed by atoms with Gasteiger partial charge in [-0.05, 0) is 10.9 Å².